The third-order valence-corrected chi connectivity index (χ3v) is 5.01. The maximum atomic E-state index is 13.1. The van der Waals surface area contributed by atoms with Gasteiger partial charge in [-0.3, -0.25) is 9.59 Å². The lowest BCUT2D eigenvalue weighted by atomic mass is 10.2. The van der Waals surface area contributed by atoms with Crippen LogP contribution in [0.3, 0.4) is 0 Å². The summed E-state index contributed by atoms with van der Waals surface area (Å²) >= 11 is 6.99. The molecule has 1 N–H and O–H groups in total. The monoisotopic (exact) mass is 394 g/mol. The Kier molecular flexibility index (Phi) is 7.48. The van der Waals surface area contributed by atoms with E-state index in [1.165, 1.54) is 23.9 Å². The van der Waals surface area contributed by atoms with E-state index in [0.29, 0.717) is 29.2 Å². The lowest BCUT2D eigenvalue weighted by Gasteiger charge is -2.18. The van der Waals surface area contributed by atoms with Gasteiger partial charge in [-0.1, -0.05) is 11.6 Å². The van der Waals surface area contributed by atoms with Crippen LogP contribution in [0.5, 0.6) is 0 Å². The molecule has 2 rings (SSSR count). The van der Waals surface area contributed by atoms with Crippen LogP contribution in [-0.4, -0.2) is 35.6 Å². The first kappa shape index (κ1) is 20.3. The van der Waals surface area contributed by atoms with E-state index in [2.05, 4.69) is 5.32 Å². The maximum absolute atomic E-state index is 13.1. The molecule has 2 aromatic carbocycles. The maximum Gasteiger partial charge on any atom is 0.253 e. The third-order valence-electron chi connectivity index (χ3n) is 3.73. The highest BCUT2D eigenvalue weighted by Crippen LogP contribution is 2.24. The molecule has 0 saturated carbocycles. The number of amides is 2. The summed E-state index contributed by atoms with van der Waals surface area (Å²) in [6, 6.07) is 11.1. The topological polar surface area (TPSA) is 49.4 Å². The summed E-state index contributed by atoms with van der Waals surface area (Å²) in [7, 11) is 0. The molecule has 0 aliphatic heterocycles. The molecule has 0 aromatic heterocycles. The molecule has 2 aromatic rings. The van der Waals surface area contributed by atoms with E-state index in [0.717, 1.165) is 0 Å². The number of rotatable bonds is 7. The second-order valence-corrected chi connectivity index (χ2v) is 6.92. The van der Waals surface area contributed by atoms with Crippen molar-refractivity contribution in [3.63, 3.8) is 0 Å². The first-order chi connectivity index (χ1) is 12.4. The number of benzene rings is 2. The van der Waals surface area contributed by atoms with Gasteiger partial charge in [-0.2, -0.15) is 0 Å². The zero-order valence-corrected chi connectivity index (χ0v) is 16.2. The van der Waals surface area contributed by atoms with Gasteiger partial charge in [-0.15, -0.1) is 11.8 Å². The highest BCUT2D eigenvalue weighted by atomic mass is 35.5. The number of hydrogen-bond acceptors (Lipinski definition) is 3. The number of anilines is 1. The summed E-state index contributed by atoms with van der Waals surface area (Å²) in [5, 5.41) is 2.80. The van der Waals surface area contributed by atoms with Crippen molar-refractivity contribution in [3.8, 4) is 0 Å². The molecule has 0 radical (unpaired) electrons. The van der Waals surface area contributed by atoms with E-state index in [1.807, 2.05) is 13.8 Å². The molecule has 4 nitrogen and oxygen atoms in total. The van der Waals surface area contributed by atoms with Gasteiger partial charge in [-0.25, -0.2) is 4.39 Å². The van der Waals surface area contributed by atoms with Gasteiger partial charge in [0.2, 0.25) is 5.91 Å². The van der Waals surface area contributed by atoms with Crippen molar-refractivity contribution < 1.29 is 14.0 Å². The first-order valence-electron chi connectivity index (χ1n) is 8.21. The van der Waals surface area contributed by atoms with Crippen molar-refractivity contribution in [3.05, 3.63) is 58.9 Å². The zero-order valence-electron chi connectivity index (χ0n) is 14.6. The number of thioether (sulfide) groups is 1. The minimum absolute atomic E-state index is 0.0309. The van der Waals surface area contributed by atoms with Crippen LogP contribution >= 0.6 is 23.4 Å². The zero-order chi connectivity index (χ0) is 19.1. The quantitative estimate of drug-likeness (QED) is 0.693. The Morgan fingerprint density at radius 1 is 1.12 bits per heavy atom. The molecule has 0 unspecified atom stereocenters. The van der Waals surface area contributed by atoms with E-state index in [1.54, 1.807) is 35.2 Å². The van der Waals surface area contributed by atoms with E-state index >= 15 is 0 Å². The summed E-state index contributed by atoms with van der Waals surface area (Å²) in [6.07, 6.45) is 0. The van der Waals surface area contributed by atoms with E-state index in [4.69, 9.17) is 11.6 Å². The van der Waals surface area contributed by atoms with Crippen LogP contribution in [0.2, 0.25) is 5.02 Å². The summed E-state index contributed by atoms with van der Waals surface area (Å²) < 4.78 is 13.1. The minimum atomic E-state index is -0.486. The molecule has 0 aliphatic carbocycles. The van der Waals surface area contributed by atoms with Crippen LogP contribution in [0.15, 0.2) is 47.4 Å². The molecule has 138 valence electrons. The lowest BCUT2D eigenvalue weighted by Crippen LogP contribution is -2.30. The number of nitrogens with one attached hydrogen (secondary N) is 1. The lowest BCUT2D eigenvalue weighted by molar-refractivity contribution is -0.113. The Labute approximate surface area is 161 Å². The minimum Gasteiger partial charge on any atom is -0.339 e. The molecule has 2 amide bonds. The predicted molar refractivity (Wildman–Crippen MR) is 104 cm³/mol. The van der Waals surface area contributed by atoms with Gasteiger partial charge in [0.05, 0.1) is 10.8 Å². The molecular weight excluding hydrogens is 375 g/mol. The summed E-state index contributed by atoms with van der Waals surface area (Å²) in [6.45, 7) is 5.17. The van der Waals surface area contributed by atoms with Crippen molar-refractivity contribution >= 4 is 40.9 Å². The van der Waals surface area contributed by atoms with Gasteiger partial charge >= 0.3 is 0 Å². The fourth-order valence-electron chi connectivity index (χ4n) is 2.30. The van der Waals surface area contributed by atoms with Gasteiger partial charge in [-0.05, 0) is 56.3 Å². The average molecular weight is 395 g/mol. The molecule has 0 heterocycles. The van der Waals surface area contributed by atoms with Crippen molar-refractivity contribution in [1.29, 1.82) is 0 Å². The van der Waals surface area contributed by atoms with Gasteiger partial charge < -0.3 is 10.2 Å². The Bertz CT molecular complexity index is 780. The number of halogens is 2. The van der Waals surface area contributed by atoms with Crippen LogP contribution in [-0.2, 0) is 4.79 Å². The van der Waals surface area contributed by atoms with Crippen molar-refractivity contribution in [2.45, 2.75) is 18.7 Å². The SMILES string of the molecule is CCN(CC)C(=O)c1ccc(NC(=O)CSc2ccc(F)c(Cl)c2)cc1. The molecule has 0 fully saturated rings. The average Bonchev–Trinajstić information content (AvgIpc) is 2.64. The molecule has 0 saturated heterocycles. The second kappa shape index (κ2) is 9.59. The van der Waals surface area contributed by atoms with Crippen LogP contribution < -0.4 is 5.32 Å². The van der Waals surface area contributed by atoms with Gasteiger partial charge in [0.25, 0.3) is 5.91 Å². The van der Waals surface area contributed by atoms with Crippen molar-refractivity contribution in [2.75, 3.05) is 24.2 Å². The number of carbonyl (C=O) groups is 2. The van der Waals surface area contributed by atoms with Gasteiger partial charge in [0.15, 0.2) is 0 Å². The van der Waals surface area contributed by atoms with Crippen molar-refractivity contribution in [2.24, 2.45) is 0 Å². The highest BCUT2D eigenvalue weighted by Gasteiger charge is 2.12. The van der Waals surface area contributed by atoms with Gasteiger partial charge in [0, 0.05) is 29.2 Å². The van der Waals surface area contributed by atoms with Gasteiger partial charge in [0.1, 0.15) is 5.82 Å². The summed E-state index contributed by atoms with van der Waals surface area (Å²) in [4.78, 5) is 26.7. The van der Waals surface area contributed by atoms with Crippen LogP contribution in [0, 0.1) is 5.82 Å². The van der Waals surface area contributed by atoms with E-state index in [-0.39, 0.29) is 22.6 Å². The van der Waals surface area contributed by atoms with Crippen molar-refractivity contribution in [1.82, 2.24) is 4.90 Å². The van der Waals surface area contributed by atoms with E-state index < -0.39 is 5.82 Å². The Balaban J connectivity index is 1.90. The Morgan fingerprint density at radius 2 is 1.77 bits per heavy atom. The summed E-state index contributed by atoms with van der Waals surface area (Å²) in [5.74, 6) is -0.544. The molecule has 0 atom stereocenters. The number of nitrogens with zero attached hydrogens (tertiary/aromatic N) is 1. The Hall–Kier alpha value is -2.05. The standard InChI is InChI=1S/C19H20ClFN2O2S/c1-3-23(4-2)19(25)13-5-7-14(8-6-13)22-18(24)12-26-15-9-10-17(21)16(20)11-15/h5-11H,3-4,12H2,1-2H3,(H,22,24). The van der Waals surface area contributed by atoms with Crippen LogP contribution in [0.4, 0.5) is 10.1 Å². The number of carbonyl (C=O) groups excluding carboxylic acids is 2. The van der Waals surface area contributed by atoms with Crippen LogP contribution in [0.1, 0.15) is 24.2 Å². The highest BCUT2D eigenvalue weighted by molar-refractivity contribution is 8.00. The first-order valence-corrected chi connectivity index (χ1v) is 9.58. The third kappa shape index (κ3) is 5.47. The second-order valence-electron chi connectivity index (χ2n) is 5.47. The summed E-state index contributed by atoms with van der Waals surface area (Å²) in [5.41, 5.74) is 1.20. The largest absolute Gasteiger partial charge is 0.339 e. The normalized spacial score (nSPS) is 10.5. The van der Waals surface area contributed by atoms with E-state index in [9.17, 15) is 14.0 Å². The molecule has 7 heteroatoms. The molecule has 0 spiro atoms. The number of hydrogen-bond donors (Lipinski definition) is 1. The molecule has 26 heavy (non-hydrogen) atoms. The van der Waals surface area contributed by atoms with Crippen LogP contribution in [0.25, 0.3) is 0 Å². The fourth-order valence-corrected chi connectivity index (χ4v) is 3.28. The Morgan fingerprint density at radius 3 is 2.35 bits per heavy atom. The molecular formula is C19H20ClFN2O2S. The fraction of sp³-hybridized carbons (Fsp3) is 0.263. The predicted octanol–water partition coefficient (Wildman–Crippen LogP) is 4.69. The smallest absolute Gasteiger partial charge is 0.253 e. The molecule has 0 aliphatic rings. The molecule has 0 bridgehead atoms.